The number of benzene rings is 1. The molecule has 3 heterocycles. The van der Waals surface area contributed by atoms with Gasteiger partial charge in [-0.1, -0.05) is 12.1 Å². The Morgan fingerprint density at radius 2 is 2.00 bits per heavy atom. The molecule has 2 amide bonds. The lowest BCUT2D eigenvalue weighted by molar-refractivity contribution is 0.251. The first kappa shape index (κ1) is 18.3. The Morgan fingerprint density at radius 1 is 1.22 bits per heavy atom. The number of rotatable bonds is 4. The van der Waals surface area contributed by atoms with Crippen molar-refractivity contribution < 1.29 is 4.79 Å². The number of aromatic nitrogens is 1. The SMILES string of the molecule is CN1CCc2c(sc(-n3cccc3)c2CNC(=O)Nc2ccccc2Br)C1. The number of anilines is 1. The van der Waals surface area contributed by atoms with E-state index in [1.165, 1.54) is 21.0 Å². The first-order chi connectivity index (χ1) is 13.1. The zero-order valence-corrected chi connectivity index (χ0v) is 17.4. The van der Waals surface area contributed by atoms with E-state index in [4.69, 9.17) is 0 Å². The van der Waals surface area contributed by atoms with Crippen LogP contribution in [0.2, 0.25) is 0 Å². The Labute approximate surface area is 171 Å². The standard InChI is InChI=1S/C20H21BrN4OS/c1-24-11-8-14-15(19(27-18(14)13-24)25-9-4-5-10-25)12-22-20(26)23-17-7-3-2-6-16(17)21/h2-7,9-10H,8,11-13H2,1H3,(H2,22,23,26). The Hall–Kier alpha value is -2.09. The second kappa shape index (κ2) is 7.88. The van der Waals surface area contributed by atoms with Gasteiger partial charge in [-0.25, -0.2) is 4.79 Å². The number of hydrogen-bond acceptors (Lipinski definition) is 3. The number of amides is 2. The van der Waals surface area contributed by atoms with E-state index in [0.29, 0.717) is 6.54 Å². The number of thiophene rings is 1. The van der Waals surface area contributed by atoms with Gasteiger partial charge in [-0.3, -0.25) is 0 Å². The van der Waals surface area contributed by atoms with E-state index < -0.39 is 0 Å². The maximum Gasteiger partial charge on any atom is 0.319 e. The van der Waals surface area contributed by atoms with E-state index in [9.17, 15) is 4.79 Å². The molecule has 1 aliphatic heterocycles. The second-order valence-electron chi connectivity index (χ2n) is 6.65. The molecule has 3 aromatic rings. The minimum Gasteiger partial charge on any atom is -0.334 e. The highest BCUT2D eigenvalue weighted by Crippen LogP contribution is 2.35. The van der Waals surface area contributed by atoms with Crippen LogP contribution < -0.4 is 10.6 Å². The molecule has 2 N–H and O–H groups in total. The molecule has 0 unspecified atom stereocenters. The average Bonchev–Trinajstić information content (AvgIpc) is 3.29. The summed E-state index contributed by atoms with van der Waals surface area (Å²) in [7, 11) is 2.15. The molecule has 27 heavy (non-hydrogen) atoms. The van der Waals surface area contributed by atoms with Crippen LogP contribution in [0.5, 0.6) is 0 Å². The largest absolute Gasteiger partial charge is 0.334 e. The van der Waals surface area contributed by atoms with Crippen molar-refractivity contribution in [3.05, 3.63) is 69.3 Å². The van der Waals surface area contributed by atoms with Gasteiger partial charge >= 0.3 is 6.03 Å². The molecule has 0 radical (unpaired) electrons. The van der Waals surface area contributed by atoms with Crippen LogP contribution >= 0.6 is 27.3 Å². The number of carbonyl (C=O) groups is 1. The van der Waals surface area contributed by atoms with E-state index in [-0.39, 0.29) is 6.03 Å². The van der Waals surface area contributed by atoms with Crippen molar-refractivity contribution in [3.8, 4) is 5.00 Å². The molecule has 2 aromatic heterocycles. The molecule has 7 heteroatoms. The summed E-state index contributed by atoms with van der Waals surface area (Å²) >= 11 is 5.28. The first-order valence-electron chi connectivity index (χ1n) is 8.86. The highest BCUT2D eigenvalue weighted by molar-refractivity contribution is 9.10. The number of para-hydroxylation sites is 1. The lowest BCUT2D eigenvalue weighted by atomic mass is 10.0. The zero-order chi connectivity index (χ0) is 18.8. The van der Waals surface area contributed by atoms with E-state index in [2.05, 4.69) is 55.5 Å². The van der Waals surface area contributed by atoms with Gasteiger partial charge in [0.25, 0.3) is 0 Å². The summed E-state index contributed by atoms with van der Waals surface area (Å²) in [5.41, 5.74) is 3.37. The lowest BCUT2D eigenvalue weighted by Gasteiger charge is -2.22. The number of carbonyl (C=O) groups excluding carboxylic acids is 1. The van der Waals surface area contributed by atoms with Crippen molar-refractivity contribution >= 4 is 39.0 Å². The molecule has 0 bridgehead atoms. The smallest absolute Gasteiger partial charge is 0.319 e. The maximum absolute atomic E-state index is 12.4. The Morgan fingerprint density at radius 3 is 2.78 bits per heavy atom. The zero-order valence-electron chi connectivity index (χ0n) is 15.0. The number of likely N-dealkylation sites (N-methyl/N-ethyl adjacent to an activating group) is 1. The van der Waals surface area contributed by atoms with Crippen molar-refractivity contribution in [1.29, 1.82) is 0 Å². The molecule has 5 nitrogen and oxygen atoms in total. The third kappa shape index (κ3) is 3.95. The predicted octanol–water partition coefficient (Wildman–Crippen LogP) is 4.61. The minimum absolute atomic E-state index is 0.201. The van der Waals surface area contributed by atoms with Crippen LogP contribution in [0.25, 0.3) is 5.00 Å². The summed E-state index contributed by atoms with van der Waals surface area (Å²) in [4.78, 5) is 16.2. The van der Waals surface area contributed by atoms with Gasteiger partial charge in [-0.05, 0) is 59.2 Å². The Kier molecular flexibility index (Phi) is 5.33. The van der Waals surface area contributed by atoms with Crippen molar-refractivity contribution in [2.75, 3.05) is 18.9 Å². The molecule has 0 saturated heterocycles. The van der Waals surface area contributed by atoms with Crippen LogP contribution in [0.15, 0.2) is 53.3 Å². The summed E-state index contributed by atoms with van der Waals surface area (Å²) < 4.78 is 3.01. The van der Waals surface area contributed by atoms with Gasteiger partial charge in [0.15, 0.2) is 0 Å². The number of hydrogen-bond donors (Lipinski definition) is 2. The number of nitrogens with one attached hydrogen (secondary N) is 2. The van der Waals surface area contributed by atoms with E-state index in [1.54, 1.807) is 0 Å². The highest BCUT2D eigenvalue weighted by atomic mass is 79.9. The fraction of sp³-hybridized carbons (Fsp3) is 0.250. The minimum atomic E-state index is -0.201. The number of nitrogens with zero attached hydrogens (tertiary/aromatic N) is 2. The maximum atomic E-state index is 12.4. The third-order valence-corrected chi connectivity index (χ3v) is 6.69. The van der Waals surface area contributed by atoms with Crippen molar-refractivity contribution in [2.45, 2.75) is 19.5 Å². The van der Waals surface area contributed by atoms with E-state index >= 15 is 0 Å². The lowest BCUT2D eigenvalue weighted by Crippen LogP contribution is -2.30. The molecular weight excluding hydrogens is 424 g/mol. The van der Waals surface area contributed by atoms with E-state index in [0.717, 1.165) is 29.7 Å². The molecule has 0 fully saturated rings. The predicted molar refractivity (Wildman–Crippen MR) is 114 cm³/mol. The fourth-order valence-electron chi connectivity index (χ4n) is 3.34. The van der Waals surface area contributed by atoms with Crippen LogP contribution in [0.1, 0.15) is 16.0 Å². The molecular formula is C20H21BrN4OS. The van der Waals surface area contributed by atoms with Gasteiger partial charge in [0.05, 0.1) is 5.69 Å². The first-order valence-corrected chi connectivity index (χ1v) is 10.5. The van der Waals surface area contributed by atoms with Crippen LogP contribution in [-0.4, -0.2) is 29.1 Å². The monoisotopic (exact) mass is 444 g/mol. The summed E-state index contributed by atoms with van der Waals surface area (Å²) in [6.07, 6.45) is 5.14. The van der Waals surface area contributed by atoms with Gasteiger partial charge in [0.2, 0.25) is 0 Å². The average molecular weight is 445 g/mol. The van der Waals surface area contributed by atoms with E-state index in [1.807, 2.05) is 47.7 Å². The van der Waals surface area contributed by atoms with Crippen LogP contribution in [0, 0.1) is 0 Å². The van der Waals surface area contributed by atoms with Crippen LogP contribution in [0.4, 0.5) is 10.5 Å². The summed E-state index contributed by atoms with van der Waals surface area (Å²) in [5.74, 6) is 0. The number of halogens is 1. The van der Waals surface area contributed by atoms with Crippen molar-refractivity contribution in [1.82, 2.24) is 14.8 Å². The summed E-state index contributed by atoms with van der Waals surface area (Å²) in [6, 6.07) is 11.5. The Balaban J connectivity index is 1.54. The molecule has 0 aliphatic carbocycles. The van der Waals surface area contributed by atoms with Crippen LogP contribution in [0.3, 0.4) is 0 Å². The van der Waals surface area contributed by atoms with Crippen molar-refractivity contribution in [3.63, 3.8) is 0 Å². The molecule has 140 valence electrons. The molecule has 0 saturated carbocycles. The molecule has 1 aliphatic rings. The van der Waals surface area contributed by atoms with Gasteiger partial charge in [-0.15, -0.1) is 11.3 Å². The second-order valence-corrected chi connectivity index (χ2v) is 8.59. The number of urea groups is 1. The fourth-order valence-corrected chi connectivity index (χ4v) is 5.14. The quantitative estimate of drug-likeness (QED) is 0.616. The molecule has 4 rings (SSSR count). The summed E-state index contributed by atoms with van der Waals surface area (Å²) in [6.45, 7) is 2.53. The molecule has 1 aromatic carbocycles. The highest BCUT2D eigenvalue weighted by Gasteiger charge is 2.23. The van der Waals surface area contributed by atoms with Gasteiger partial charge in [0, 0.05) is 46.9 Å². The van der Waals surface area contributed by atoms with Crippen molar-refractivity contribution in [2.24, 2.45) is 0 Å². The van der Waals surface area contributed by atoms with Gasteiger partial charge < -0.3 is 20.1 Å². The topological polar surface area (TPSA) is 49.3 Å². The van der Waals surface area contributed by atoms with Crippen LogP contribution in [-0.2, 0) is 19.5 Å². The third-order valence-electron chi connectivity index (χ3n) is 4.72. The normalized spacial score (nSPS) is 14.0. The van der Waals surface area contributed by atoms with Gasteiger partial charge in [-0.2, -0.15) is 0 Å². The Bertz CT molecular complexity index is 951. The number of fused-ring (bicyclic) bond motifs is 1. The van der Waals surface area contributed by atoms with Gasteiger partial charge in [0.1, 0.15) is 5.00 Å². The summed E-state index contributed by atoms with van der Waals surface area (Å²) in [5, 5.41) is 7.13. The molecule has 0 spiro atoms. The molecule has 0 atom stereocenters.